The minimum absolute atomic E-state index is 0.0364. The molecule has 2 atom stereocenters. The third-order valence-electron chi connectivity index (χ3n) is 6.72. The topological polar surface area (TPSA) is 107 Å². The van der Waals surface area contributed by atoms with Crippen LogP contribution in [-0.2, 0) is 20.7 Å². The van der Waals surface area contributed by atoms with Crippen molar-refractivity contribution in [2.45, 2.75) is 18.6 Å². The van der Waals surface area contributed by atoms with Gasteiger partial charge in [-0.15, -0.1) is 0 Å². The number of anilines is 1. The van der Waals surface area contributed by atoms with Crippen molar-refractivity contribution in [2.24, 2.45) is 0 Å². The summed E-state index contributed by atoms with van der Waals surface area (Å²) in [5, 5.41) is 14.0. The Morgan fingerprint density at radius 2 is 1.60 bits per heavy atom. The monoisotopic (exact) mass is 546 g/mol. The van der Waals surface area contributed by atoms with Crippen molar-refractivity contribution in [3.63, 3.8) is 0 Å². The number of esters is 1. The normalized spacial score (nSPS) is 15.0. The van der Waals surface area contributed by atoms with E-state index in [2.05, 4.69) is 5.32 Å². The van der Waals surface area contributed by atoms with Gasteiger partial charge in [0.1, 0.15) is 6.04 Å². The van der Waals surface area contributed by atoms with Crippen LogP contribution in [-0.4, -0.2) is 70.7 Å². The van der Waals surface area contributed by atoms with Crippen LogP contribution in [0.4, 0.5) is 5.69 Å². The number of hydrogen-bond donors (Lipinski definition) is 2. The number of aliphatic hydroxyl groups is 1. The van der Waals surface area contributed by atoms with Crippen LogP contribution in [0.1, 0.15) is 16.7 Å². The molecule has 0 unspecified atom stereocenters. The van der Waals surface area contributed by atoms with E-state index in [0.717, 1.165) is 11.1 Å². The van der Waals surface area contributed by atoms with Crippen molar-refractivity contribution in [1.29, 1.82) is 0 Å². The second-order valence-corrected chi connectivity index (χ2v) is 9.28. The molecule has 2 N–H and O–H groups in total. The maximum Gasteiger partial charge on any atom is 0.323 e. The van der Waals surface area contributed by atoms with Gasteiger partial charge in [0.15, 0.2) is 11.5 Å². The summed E-state index contributed by atoms with van der Waals surface area (Å²) in [6.07, 6.45) is 1.23. The van der Waals surface area contributed by atoms with Crippen molar-refractivity contribution in [1.82, 2.24) is 5.32 Å². The largest absolute Gasteiger partial charge is 0.493 e. The summed E-state index contributed by atoms with van der Waals surface area (Å²) < 4.78 is 21.3. The molecule has 1 aliphatic rings. The van der Waals surface area contributed by atoms with Crippen LogP contribution in [0.25, 0.3) is 11.6 Å². The number of methoxy groups -OCH3 is 4. The second-order valence-electron chi connectivity index (χ2n) is 9.28. The highest BCUT2D eigenvalue weighted by molar-refractivity contribution is 6.35. The lowest BCUT2D eigenvalue weighted by atomic mass is 10.0. The van der Waals surface area contributed by atoms with Gasteiger partial charge >= 0.3 is 5.97 Å². The number of hydrogen-bond acceptors (Lipinski definition) is 8. The first-order valence-corrected chi connectivity index (χ1v) is 12.9. The van der Waals surface area contributed by atoms with Gasteiger partial charge in [-0.3, -0.25) is 9.59 Å². The SMILES string of the molecule is COC(=O)[C@H](Cc1ccccc1)NC[C@@H](O)CN1C(=O)/C(=C\c2cc(OC)c(OC)c(OC)c2)c2ccccc21. The fourth-order valence-corrected chi connectivity index (χ4v) is 4.76. The molecule has 0 bridgehead atoms. The van der Waals surface area contributed by atoms with E-state index in [1.165, 1.54) is 28.4 Å². The first-order valence-electron chi connectivity index (χ1n) is 12.9. The average molecular weight is 547 g/mol. The number of ether oxygens (including phenoxy) is 4. The van der Waals surface area contributed by atoms with Gasteiger partial charge < -0.3 is 34.3 Å². The third-order valence-corrected chi connectivity index (χ3v) is 6.72. The Labute approximate surface area is 233 Å². The van der Waals surface area contributed by atoms with E-state index >= 15 is 0 Å². The average Bonchev–Trinajstić information content (AvgIpc) is 3.24. The Hall–Kier alpha value is -4.34. The number of rotatable bonds is 12. The van der Waals surface area contributed by atoms with Crippen LogP contribution in [0.2, 0.25) is 0 Å². The van der Waals surface area contributed by atoms with E-state index in [4.69, 9.17) is 18.9 Å². The van der Waals surface area contributed by atoms with Crippen LogP contribution in [0.3, 0.4) is 0 Å². The first kappa shape index (κ1) is 28.7. The van der Waals surface area contributed by atoms with Gasteiger partial charge in [0.05, 0.1) is 46.8 Å². The molecular formula is C31H34N2O7. The fourth-order valence-electron chi connectivity index (χ4n) is 4.76. The number of β-amino-alcohol motifs (C(OH)–C–C–N with tert-alkyl or cyclic N) is 1. The number of nitrogens with zero attached hydrogens (tertiary/aromatic N) is 1. The Balaban J connectivity index is 1.53. The standard InChI is InChI=1S/C31H34N2O7/c1-37-27-16-21(17-28(38-2)29(27)39-3)14-24-23-12-8-9-13-26(23)33(30(24)35)19-22(34)18-32-25(31(36)40-4)15-20-10-6-5-7-11-20/h5-14,16-17,22,25,32,34H,15,18-19H2,1-4H3/b24-14-/t22-,25+/m1/s1. The molecule has 1 heterocycles. The predicted octanol–water partition coefficient (Wildman–Crippen LogP) is 3.33. The number of fused-ring (bicyclic) bond motifs is 1. The van der Waals surface area contributed by atoms with Crippen molar-refractivity contribution in [2.75, 3.05) is 46.4 Å². The summed E-state index contributed by atoms with van der Waals surface area (Å²) in [6.45, 7) is 0.124. The van der Waals surface area contributed by atoms with Crippen LogP contribution in [0.5, 0.6) is 17.2 Å². The fraction of sp³-hybridized carbons (Fsp3) is 0.290. The molecule has 4 rings (SSSR count). The van der Waals surface area contributed by atoms with Gasteiger partial charge in [0, 0.05) is 17.7 Å². The molecule has 9 nitrogen and oxygen atoms in total. The van der Waals surface area contributed by atoms with E-state index in [1.807, 2.05) is 54.6 Å². The summed E-state index contributed by atoms with van der Waals surface area (Å²) in [5.41, 5.74) is 3.57. The summed E-state index contributed by atoms with van der Waals surface area (Å²) in [6, 6.07) is 19.9. The van der Waals surface area contributed by atoms with Crippen LogP contribution < -0.4 is 24.4 Å². The smallest absolute Gasteiger partial charge is 0.323 e. The third kappa shape index (κ3) is 6.27. The maximum atomic E-state index is 13.6. The molecule has 40 heavy (non-hydrogen) atoms. The molecule has 0 saturated heterocycles. The summed E-state index contributed by atoms with van der Waals surface area (Å²) >= 11 is 0. The minimum Gasteiger partial charge on any atom is -0.493 e. The van der Waals surface area contributed by atoms with Gasteiger partial charge in [-0.1, -0.05) is 48.5 Å². The van der Waals surface area contributed by atoms with Gasteiger partial charge in [0.2, 0.25) is 5.75 Å². The van der Waals surface area contributed by atoms with Crippen LogP contribution in [0.15, 0.2) is 66.7 Å². The van der Waals surface area contributed by atoms with Crippen LogP contribution >= 0.6 is 0 Å². The quantitative estimate of drug-likeness (QED) is 0.263. The molecule has 1 amide bonds. The Morgan fingerprint density at radius 3 is 2.23 bits per heavy atom. The maximum absolute atomic E-state index is 13.6. The Kier molecular flexibility index (Phi) is 9.42. The van der Waals surface area contributed by atoms with Gasteiger partial charge in [-0.05, 0) is 41.8 Å². The number of para-hydroxylation sites is 1. The number of benzene rings is 3. The van der Waals surface area contributed by atoms with E-state index in [-0.39, 0.29) is 19.0 Å². The highest BCUT2D eigenvalue weighted by Crippen LogP contribution is 2.41. The molecule has 0 radical (unpaired) electrons. The minimum atomic E-state index is -0.944. The summed E-state index contributed by atoms with van der Waals surface area (Å²) in [5.74, 6) is 0.736. The molecule has 210 valence electrons. The summed E-state index contributed by atoms with van der Waals surface area (Å²) in [4.78, 5) is 27.6. The number of amides is 1. The highest BCUT2D eigenvalue weighted by Gasteiger charge is 2.33. The molecule has 0 spiro atoms. The van der Waals surface area contributed by atoms with Gasteiger partial charge in [0.25, 0.3) is 5.91 Å². The van der Waals surface area contributed by atoms with E-state index in [9.17, 15) is 14.7 Å². The molecule has 1 aliphatic heterocycles. The van der Waals surface area contributed by atoms with E-state index < -0.39 is 18.1 Å². The number of carbonyl (C=O) groups excluding carboxylic acids is 2. The van der Waals surface area contributed by atoms with Crippen molar-refractivity contribution in [3.8, 4) is 17.2 Å². The highest BCUT2D eigenvalue weighted by atomic mass is 16.5. The molecule has 0 aromatic heterocycles. The predicted molar refractivity (Wildman–Crippen MR) is 153 cm³/mol. The molecular weight excluding hydrogens is 512 g/mol. The molecule has 9 heteroatoms. The molecule has 0 aliphatic carbocycles. The number of aliphatic hydroxyl groups excluding tert-OH is 1. The van der Waals surface area contributed by atoms with Crippen molar-refractivity contribution in [3.05, 3.63) is 83.4 Å². The van der Waals surface area contributed by atoms with Crippen molar-refractivity contribution >= 4 is 29.2 Å². The first-order chi connectivity index (χ1) is 19.4. The zero-order valence-corrected chi connectivity index (χ0v) is 23.0. The molecule has 3 aromatic rings. The van der Waals surface area contributed by atoms with E-state index in [0.29, 0.717) is 40.5 Å². The lowest BCUT2D eigenvalue weighted by Gasteiger charge is -2.23. The van der Waals surface area contributed by atoms with Gasteiger partial charge in [-0.2, -0.15) is 0 Å². The molecule has 0 fully saturated rings. The van der Waals surface area contributed by atoms with E-state index in [1.54, 1.807) is 23.1 Å². The van der Waals surface area contributed by atoms with Crippen LogP contribution in [0, 0.1) is 0 Å². The zero-order valence-electron chi connectivity index (χ0n) is 23.0. The second kappa shape index (κ2) is 13.1. The number of carbonyl (C=O) groups is 2. The zero-order chi connectivity index (χ0) is 28.6. The summed E-state index contributed by atoms with van der Waals surface area (Å²) in [7, 11) is 5.93. The lowest BCUT2D eigenvalue weighted by molar-refractivity contribution is -0.143. The Bertz CT molecular complexity index is 1350. The van der Waals surface area contributed by atoms with Gasteiger partial charge in [-0.25, -0.2) is 0 Å². The molecule has 0 saturated carbocycles. The van der Waals surface area contributed by atoms with Crippen molar-refractivity contribution < 1.29 is 33.6 Å². The lowest BCUT2D eigenvalue weighted by Crippen LogP contribution is -2.46. The Morgan fingerprint density at radius 1 is 0.950 bits per heavy atom. The molecule has 3 aromatic carbocycles. The number of nitrogens with one attached hydrogen (secondary N) is 1.